The van der Waals surface area contributed by atoms with E-state index in [9.17, 15) is 0 Å². The van der Waals surface area contributed by atoms with E-state index in [0.717, 1.165) is 5.95 Å². The Morgan fingerprint density at radius 3 is 2.65 bits per heavy atom. The second kappa shape index (κ2) is 4.19. The minimum atomic E-state index is 0.511. The molecule has 0 spiro atoms. The number of aromatic amines is 1. The predicted molar refractivity (Wildman–Crippen MR) is 70.0 cm³/mol. The molecule has 0 saturated heterocycles. The van der Waals surface area contributed by atoms with Crippen LogP contribution in [-0.2, 0) is 0 Å². The molecule has 4 heterocycles. The van der Waals surface area contributed by atoms with Crippen molar-refractivity contribution in [2.75, 3.05) is 0 Å². The molecule has 0 unspecified atom stereocenters. The van der Waals surface area contributed by atoms with Gasteiger partial charge in [-0.2, -0.15) is 10.1 Å². The smallest absolute Gasteiger partial charge is 0.257 e. The zero-order chi connectivity index (χ0) is 13.4. The minimum absolute atomic E-state index is 0.511. The Labute approximate surface area is 113 Å². The van der Waals surface area contributed by atoms with Gasteiger partial charge >= 0.3 is 0 Å². The Kier molecular flexibility index (Phi) is 2.25. The van der Waals surface area contributed by atoms with Crippen LogP contribution in [0, 0.1) is 0 Å². The highest BCUT2D eigenvalue weighted by molar-refractivity contribution is 5.27. The molecule has 0 aliphatic carbocycles. The summed E-state index contributed by atoms with van der Waals surface area (Å²) in [6, 6.07) is 5.70. The number of nitrogens with one attached hydrogen (secondary N) is 1. The van der Waals surface area contributed by atoms with E-state index in [1.165, 1.54) is 0 Å². The van der Waals surface area contributed by atoms with Crippen LogP contribution in [0.2, 0.25) is 0 Å². The van der Waals surface area contributed by atoms with Crippen LogP contribution in [0.3, 0.4) is 0 Å². The molecule has 0 aromatic carbocycles. The fourth-order valence-electron chi connectivity index (χ4n) is 1.96. The van der Waals surface area contributed by atoms with Gasteiger partial charge in [-0.1, -0.05) is 0 Å². The van der Waals surface area contributed by atoms with Gasteiger partial charge in [0.25, 0.3) is 5.95 Å². The lowest BCUT2D eigenvalue weighted by Gasteiger charge is -2.03. The summed E-state index contributed by atoms with van der Waals surface area (Å²) >= 11 is 0. The second-order valence-corrected chi connectivity index (χ2v) is 4.10. The first-order valence-electron chi connectivity index (χ1n) is 6.01. The van der Waals surface area contributed by atoms with Crippen molar-refractivity contribution < 1.29 is 0 Å². The van der Waals surface area contributed by atoms with E-state index in [-0.39, 0.29) is 0 Å². The van der Waals surface area contributed by atoms with Crippen molar-refractivity contribution in [1.82, 2.24) is 39.1 Å². The van der Waals surface area contributed by atoms with Gasteiger partial charge in [0.15, 0.2) is 0 Å². The van der Waals surface area contributed by atoms with Gasteiger partial charge in [0.2, 0.25) is 11.9 Å². The molecule has 98 valence electrons. The van der Waals surface area contributed by atoms with E-state index >= 15 is 0 Å². The molecular weight excluding hydrogens is 256 g/mol. The lowest BCUT2D eigenvalue weighted by atomic mass is 10.7. The van der Waals surface area contributed by atoms with Gasteiger partial charge in [-0.25, -0.2) is 14.8 Å². The average Bonchev–Trinajstić information content (AvgIpc) is 3.23. The van der Waals surface area contributed by atoms with Gasteiger partial charge in [0, 0.05) is 37.2 Å². The molecule has 0 bridgehead atoms. The maximum atomic E-state index is 4.41. The van der Waals surface area contributed by atoms with E-state index in [4.69, 9.17) is 0 Å². The summed E-state index contributed by atoms with van der Waals surface area (Å²) in [6.07, 6.45) is 10.8. The van der Waals surface area contributed by atoms with Crippen LogP contribution >= 0.6 is 0 Å². The molecule has 0 atom stereocenters. The fourth-order valence-corrected chi connectivity index (χ4v) is 1.96. The van der Waals surface area contributed by atoms with Crippen molar-refractivity contribution in [2.45, 2.75) is 0 Å². The molecule has 4 aromatic rings. The summed E-state index contributed by atoms with van der Waals surface area (Å²) in [5, 5.41) is 11.2. The molecule has 8 nitrogen and oxygen atoms in total. The van der Waals surface area contributed by atoms with Gasteiger partial charge in [0.1, 0.15) is 0 Å². The number of nitrogens with zero attached hydrogens (tertiary/aromatic N) is 7. The lowest BCUT2D eigenvalue weighted by molar-refractivity contribution is 0.813. The van der Waals surface area contributed by atoms with Crippen molar-refractivity contribution in [1.29, 1.82) is 0 Å². The third-order valence-electron chi connectivity index (χ3n) is 2.86. The van der Waals surface area contributed by atoms with E-state index in [1.807, 2.05) is 41.4 Å². The van der Waals surface area contributed by atoms with Crippen LogP contribution in [0.5, 0.6) is 0 Å². The molecule has 20 heavy (non-hydrogen) atoms. The molecule has 0 fully saturated rings. The van der Waals surface area contributed by atoms with Gasteiger partial charge in [-0.3, -0.25) is 9.13 Å². The quantitative estimate of drug-likeness (QED) is 0.599. The molecule has 0 amide bonds. The molecular formula is C12H10N8. The summed E-state index contributed by atoms with van der Waals surface area (Å²) < 4.78 is 5.30. The molecule has 8 heteroatoms. The van der Waals surface area contributed by atoms with Crippen LogP contribution in [0.25, 0.3) is 17.8 Å². The number of rotatable bonds is 3. The first kappa shape index (κ1) is 10.7. The standard InChI is InChI=1S/C12H10N8/c1-2-7-18(6-1)12-13-5-9-19(12)10-15-11(17-16-10)20-8-3-4-14-20/h1-9H,(H,15,16,17). The second-order valence-electron chi connectivity index (χ2n) is 4.10. The zero-order valence-electron chi connectivity index (χ0n) is 10.3. The maximum Gasteiger partial charge on any atom is 0.257 e. The third-order valence-corrected chi connectivity index (χ3v) is 2.86. The molecule has 0 aliphatic rings. The molecule has 0 aliphatic heterocycles. The summed E-state index contributed by atoms with van der Waals surface area (Å²) in [4.78, 5) is 8.73. The lowest BCUT2D eigenvalue weighted by Crippen LogP contribution is -2.04. The Hall–Kier alpha value is -3.16. The van der Waals surface area contributed by atoms with Crippen LogP contribution < -0.4 is 0 Å². The van der Waals surface area contributed by atoms with Crippen molar-refractivity contribution in [3.63, 3.8) is 0 Å². The number of aromatic nitrogens is 8. The Balaban J connectivity index is 1.78. The molecule has 0 radical (unpaired) electrons. The van der Waals surface area contributed by atoms with Gasteiger partial charge < -0.3 is 0 Å². The summed E-state index contributed by atoms with van der Waals surface area (Å²) in [7, 11) is 0. The molecule has 0 saturated carbocycles. The molecule has 4 aromatic heterocycles. The van der Waals surface area contributed by atoms with E-state index < -0.39 is 0 Å². The minimum Gasteiger partial charge on any atom is -0.294 e. The fraction of sp³-hybridized carbons (Fsp3) is 0. The van der Waals surface area contributed by atoms with Crippen LogP contribution in [0.1, 0.15) is 0 Å². The molecule has 1 N–H and O–H groups in total. The predicted octanol–water partition coefficient (Wildman–Crippen LogP) is 0.967. The Bertz CT molecular complexity index is 806. The summed E-state index contributed by atoms with van der Waals surface area (Å²) in [5.41, 5.74) is 0. The topological polar surface area (TPSA) is 82.1 Å². The van der Waals surface area contributed by atoms with E-state index in [2.05, 4.69) is 25.3 Å². The Morgan fingerprint density at radius 1 is 0.950 bits per heavy atom. The van der Waals surface area contributed by atoms with Crippen LogP contribution in [-0.4, -0.2) is 39.1 Å². The van der Waals surface area contributed by atoms with Crippen molar-refractivity contribution in [3.8, 4) is 17.8 Å². The first-order valence-corrected chi connectivity index (χ1v) is 6.01. The van der Waals surface area contributed by atoms with Gasteiger partial charge in [-0.05, 0) is 18.2 Å². The van der Waals surface area contributed by atoms with Crippen molar-refractivity contribution in [3.05, 3.63) is 55.4 Å². The average molecular weight is 266 g/mol. The summed E-state index contributed by atoms with van der Waals surface area (Å²) in [6.45, 7) is 0. The monoisotopic (exact) mass is 266 g/mol. The van der Waals surface area contributed by atoms with Crippen LogP contribution in [0.4, 0.5) is 0 Å². The highest BCUT2D eigenvalue weighted by Crippen LogP contribution is 2.11. The van der Waals surface area contributed by atoms with E-state index in [1.54, 1.807) is 27.8 Å². The zero-order valence-corrected chi connectivity index (χ0v) is 10.3. The maximum absolute atomic E-state index is 4.41. The van der Waals surface area contributed by atoms with Gasteiger partial charge in [0.05, 0.1) is 0 Å². The number of hydrogen-bond acceptors (Lipinski definition) is 4. The highest BCUT2D eigenvalue weighted by atomic mass is 15.4. The Morgan fingerprint density at radius 2 is 1.85 bits per heavy atom. The third kappa shape index (κ3) is 1.62. The number of hydrogen-bond donors (Lipinski definition) is 1. The van der Waals surface area contributed by atoms with Crippen molar-refractivity contribution in [2.24, 2.45) is 0 Å². The van der Waals surface area contributed by atoms with Crippen LogP contribution in [0.15, 0.2) is 55.4 Å². The van der Waals surface area contributed by atoms with E-state index in [0.29, 0.717) is 11.9 Å². The summed E-state index contributed by atoms with van der Waals surface area (Å²) in [5.74, 6) is 1.79. The molecule has 4 rings (SSSR count). The first-order chi connectivity index (χ1) is 9.92. The van der Waals surface area contributed by atoms with Gasteiger partial charge in [-0.15, -0.1) is 5.10 Å². The number of H-pyrrole nitrogens is 1. The SMILES string of the molecule is c1ccn(-c2nccn2-c2n[nH]c(-n3cccn3)n2)c1. The number of imidazole rings is 1. The normalized spacial score (nSPS) is 11.0. The van der Waals surface area contributed by atoms with Crippen molar-refractivity contribution >= 4 is 0 Å². The largest absolute Gasteiger partial charge is 0.294 e. The highest BCUT2D eigenvalue weighted by Gasteiger charge is 2.11.